The third-order valence-corrected chi connectivity index (χ3v) is 6.58. The summed E-state index contributed by atoms with van der Waals surface area (Å²) >= 11 is 0. The van der Waals surface area contributed by atoms with E-state index in [1.165, 1.54) is 11.1 Å². The lowest BCUT2D eigenvalue weighted by atomic mass is 10.1. The number of carbonyl (C=O) groups excluding carboxylic acids is 2. The van der Waals surface area contributed by atoms with Crippen molar-refractivity contribution in [3.8, 4) is 5.75 Å². The van der Waals surface area contributed by atoms with Gasteiger partial charge in [-0.3, -0.25) is 23.9 Å². The maximum absolute atomic E-state index is 13.2. The Balaban J connectivity index is 1.01. The molecule has 13 nitrogen and oxygen atoms in total. The summed E-state index contributed by atoms with van der Waals surface area (Å²) in [5.74, 6) is -3.11. The van der Waals surface area contributed by atoms with E-state index in [-0.39, 0.29) is 43.5 Å². The zero-order chi connectivity index (χ0) is 30.2. The van der Waals surface area contributed by atoms with Crippen molar-refractivity contribution >= 4 is 17.5 Å². The molecule has 0 saturated carbocycles. The number of aryl methyl sites for hydroxylation is 2. The fraction of sp³-hybridized carbons (Fsp3) is 0.370. The van der Waals surface area contributed by atoms with E-state index in [4.69, 9.17) is 4.74 Å². The van der Waals surface area contributed by atoms with E-state index >= 15 is 0 Å². The van der Waals surface area contributed by atoms with Crippen LogP contribution in [0.3, 0.4) is 0 Å². The van der Waals surface area contributed by atoms with Gasteiger partial charge in [-0.1, -0.05) is 22.6 Å². The van der Waals surface area contributed by atoms with E-state index < -0.39 is 18.7 Å². The van der Waals surface area contributed by atoms with E-state index in [1.54, 1.807) is 58.3 Å². The number of hydrogen-bond donors (Lipinski definition) is 2. The van der Waals surface area contributed by atoms with Crippen molar-refractivity contribution in [3.63, 3.8) is 0 Å². The molecule has 226 valence electrons. The Morgan fingerprint density at radius 1 is 0.884 bits per heavy atom. The Bertz CT molecular complexity index is 1550. The van der Waals surface area contributed by atoms with Crippen LogP contribution in [0.15, 0.2) is 55.1 Å². The predicted molar refractivity (Wildman–Crippen MR) is 146 cm³/mol. The quantitative estimate of drug-likeness (QED) is 0.209. The second-order valence-electron chi connectivity index (χ2n) is 9.97. The van der Waals surface area contributed by atoms with Crippen LogP contribution in [0.25, 0.3) is 0 Å². The van der Waals surface area contributed by atoms with Crippen LogP contribution in [0.5, 0.6) is 5.75 Å². The van der Waals surface area contributed by atoms with Crippen molar-refractivity contribution in [3.05, 3.63) is 77.6 Å². The molecule has 0 unspecified atom stereocenters. The summed E-state index contributed by atoms with van der Waals surface area (Å²) < 4.78 is 46.6. The summed E-state index contributed by atoms with van der Waals surface area (Å²) in [4.78, 5) is 30.5. The molecule has 3 aromatic heterocycles. The van der Waals surface area contributed by atoms with Crippen LogP contribution in [0.2, 0.25) is 0 Å². The maximum atomic E-state index is 13.2. The van der Waals surface area contributed by atoms with Gasteiger partial charge in [0, 0.05) is 32.4 Å². The molecule has 5 rings (SSSR count). The molecule has 0 spiro atoms. The first kappa shape index (κ1) is 29.5. The van der Waals surface area contributed by atoms with Crippen LogP contribution in [0.1, 0.15) is 44.9 Å². The highest BCUT2D eigenvalue weighted by Crippen LogP contribution is 2.31. The number of ether oxygens (including phenoxy) is 1. The van der Waals surface area contributed by atoms with Crippen LogP contribution >= 0.6 is 0 Å². The van der Waals surface area contributed by atoms with Crippen molar-refractivity contribution in [2.75, 3.05) is 24.9 Å². The molecule has 0 atom stereocenters. The third-order valence-electron chi connectivity index (χ3n) is 6.58. The number of aromatic nitrogens is 7. The number of rotatable bonds is 14. The molecule has 4 aromatic rings. The lowest BCUT2D eigenvalue weighted by molar-refractivity contribution is -0.0263. The topological polar surface area (TPSA) is 145 Å². The van der Waals surface area contributed by atoms with Crippen LogP contribution in [-0.2, 0) is 26.2 Å². The number of benzene rings is 1. The van der Waals surface area contributed by atoms with Crippen molar-refractivity contribution in [1.82, 2.24) is 45.6 Å². The molecule has 2 amide bonds. The summed E-state index contributed by atoms with van der Waals surface area (Å²) in [6.07, 6.45) is 7.59. The summed E-state index contributed by atoms with van der Waals surface area (Å²) in [7, 11) is 0. The number of anilines is 1. The van der Waals surface area contributed by atoms with Gasteiger partial charge in [0.1, 0.15) is 5.75 Å². The maximum Gasteiger partial charge on any atom is 0.282 e. The van der Waals surface area contributed by atoms with Crippen LogP contribution in [0.4, 0.5) is 18.9 Å². The van der Waals surface area contributed by atoms with Crippen molar-refractivity contribution in [2.24, 2.45) is 0 Å². The van der Waals surface area contributed by atoms with Gasteiger partial charge in [0.05, 0.1) is 37.4 Å². The number of amides is 2. The first-order chi connectivity index (χ1) is 20.8. The molecule has 1 aliphatic heterocycles. The van der Waals surface area contributed by atoms with Crippen molar-refractivity contribution in [1.29, 1.82) is 0 Å². The molecular formula is C27H29F3N10O3. The fourth-order valence-corrected chi connectivity index (χ4v) is 4.36. The Labute approximate surface area is 244 Å². The normalized spacial score (nSPS) is 13.8. The molecular weight excluding hydrogens is 569 g/mol. The smallest absolute Gasteiger partial charge is 0.282 e. The molecule has 4 heterocycles. The summed E-state index contributed by atoms with van der Waals surface area (Å²) in [5, 5.41) is 21.3. The van der Waals surface area contributed by atoms with E-state index in [9.17, 15) is 22.8 Å². The summed E-state index contributed by atoms with van der Waals surface area (Å²) in [6.45, 7) is -0.199. The number of nitrogens with zero attached hydrogens (tertiary/aromatic N) is 8. The molecule has 0 bridgehead atoms. The fourth-order valence-electron chi connectivity index (χ4n) is 4.36. The number of pyridine rings is 1. The number of halogens is 3. The molecule has 2 N–H and O–H groups in total. The van der Waals surface area contributed by atoms with Gasteiger partial charge in [-0.25, -0.2) is 13.2 Å². The van der Waals surface area contributed by atoms with E-state index in [2.05, 4.69) is 36.2 Å². The molecule has 1 aliphatic rings. The Hall–Kier alpha value is -5.02. The third kappa shape index (κ3) is 8.05. The monoisotopic (exact) mass is 598 g/mol. The predicted octanol–water partition coefficient (Wildman–Crippen LogP) is 2.37. The van der Waals surface area contributed by atoms with Crippen LogP contribution < -0.4 is 20.3 Å². The Morgan fingerprint density at radius 3 is 2.12 bits per heavy atom. The largest absolute Gasteiger partial charge is 0.463 e. The lowest BCUT2D eigenvalue weighted by Gasteiger charge is -2.40. The minimum atomic E-state index is -2.68. The number of nitrogens with one attached hydrogen (secondary N) is 2. The summed E-state index contributed by atoms with van der Waals surface area (Å²) in [5.41, 5.74) is 2.34. The second-order valence-corrected chi connectivity index (χ2v) is 9.97. The highest BCUT2D eigenvalue weighted by Gasteiger charge is 2.44. The first-order valence-corrected chi connectivity index (χ1v) is 13.5. The van der Waals surface area contributed by atoms with Gasteiger partial charge in [0.15, 0.2) is 11.4 Å². The van der Waals surface area contributed by atoms with Gasteiger partial charge < -0.3 is 20.3 Å². The lowest BCUT2D eigenvalue weighted by Crippen LogP contribution is -2.56. The van der Waals surface area contributed by atoms with E-state index in [0.717, 1.165) is 5.56 Å². The van der Waals surface area contributed by atoms with Gasteiger partial charge in [0.25, 0.3) is 17.7 Å². The summed E-state index contributed by atoms with van der Waals surface area (Å²) in [6, 6.07) is 8.48. The highest BCUT2D eigenvalue weighted by molar-refractivity contribution is 5.92. The van der Waals surface area contributed by atoms with E-state index in [1.807, 2.05) is 0 Å². The van der Waals surface area contributed by atoms with Crippen molar-refractivity contribution < 1.29 is 27.5 Å². The molecule has 1 aromatic carbocycles. The van der Waals surface area contributed by atoms with Crippen LogP contribution in [0, 0.1) is 0 Å². The molecule has 0 radical (unpaired) electrons. The molecule has 0 aliphatic carbocycles. The number of alkyl halides is 3. The van der Waals surface area contributed by atoms with Gasteiger partial charge in [-0.15, -0.1) is 10.2 Å². The van der Waals surface area contributed by atoms with Crippen molar-refractivity contribution in [2.45, 2.75) is 44.9 Å². The van der Waals surface area contributed by atoms with Gasteiger partial charge >= 0.3 is 0 Å². The average Bonchev–Trinajstić information content (AvgIpc) is 3.66. The number of unbranched alkanes of at least 4 members (excludes halogenated alkanes) is 1. The van der Waals surface area contributed by atoms with Gasteiger partial charge in [-0.05, 0) is 42.2 Å². The van der Waals surface area contributed by atoms with Gasteiger partial charge in [-0.2, -0.15) is 0 Å². The molecule has 1 saturated heterocycles. The molecule has 43 heavy (non-hydrogen) atoms. The molecule has 1 fully saturated rings. The zero-order valence-electron chi connectivity index (χ0n) is 23.0. The number of carbonyl (C=O) groups is 2. The van der Waals surface area contributed by atoms with Crippen LogP contribution in [-0.4, -0.2) is 72.7 Å². The average molecular weight is 599 g/mol. The first-order valence-electron chi connectivity index (χ1n) is 13.5. The minimum absolute atomic E-state index is 0.153. The Morgan fingerprint density at radius 2 is 1.51 bits per heavy atom. The van der Waals surface area contributed by atoms with Gasteiger partial charge in [0.2, 0.25) is 6.86 Å². The highest BCUT2D eigenvalue weighted by atomic mass is 19.3. The standard InChI is InChI=1S/C27H29F3N10O3/c28-18-43-22-5-3-4-19(9-22)11-32-25(41)23-14-39(36-34-23)6-1-2-7-40-15-24(35-37-40)26(42)33-12-20-8-21(13-31-10-20)38-16-27(29,30)17-38/h3-5,8-10,13-15H,1-2,6-7,11-12,16-18H2,(H,32,41)(H,33,42). The molecule has 16 heteroatoms. The zero-order valence-corrected chi connectivity index (χ0v) is 23.0. The Kier molecular flexibility index (Phi) is 9.12. The second kappa shape index (κ2) is 13.3. The van der Waals surface area contributed by atoms with E-state index in [0.29, 0.717) is 42.9 Å². The number of hydrogen-bond acceptors (Lipinski definition) is 9. The SMILES string of the molecule is O=C(NCc1cccc(OCF)c1)c1cn(CCCCn2cc(C(=O)NCc3cncc(N4CC(F)(F)C4)c3)nn2)nn1. The minimum Gasteiger partial charge on any atom is -0.463 e.